The number of sulfone groups is 1. The van der Waals surface area contributed by atoms with Gasteiger partial charge in [0.15, 0.2) is 0 Å². The molecule has 2 amide bonds. The third-order valence-corrected chi connectivity index (χ3v) is 3.59. The SMILES string of the molecule is CS(=O)(=O)CCNC(=O)N[C@H](Cc1ccccc1)C(=O)O. The minimum atomic E-state index is -3.17. The van der Waals surface area contributed by atoms with Crippen LogP contribution in [0.2, 0.25) is 0 Å². The molecule has 0 radical (unpaired) electrons. The number of nitrogens with one attached hydrogen (secondary N) is 2. The Hall–Kier alpha value is -2.09. The van der Waals surface area contributed by atoms with Crippen LogP contribution in [-0.4, -0.2) is 50.1 Å². The lowest BCUT2D eigenvalue weighted by atomic mass is 10.1. The van der Waals surface area contributed by atoms with Crippen LogP contribution < -0.4 is 10.6 Å². The van der Waals surface area contributed by atoms with Gasteiger partial charge in [0.25, 0.3) is 0 Å². The summed E-state index contributed by atoms with van der Waals surface area (Å²) >= 11 is 0. The predicted octanol–water partition coefficient (Wildman–Crippen LogP) is 0.0261. The van der Waals surface area contributed by atoms with Crippen molar-refractivity contribution in [2.24, 2.45) is 0 Å². The monoisotopic (exact) mass is 314 g/mol. The summed E-state index contributed by atoms with van der Waals surface area (Å²) in [4.78, 5) is 22.7. The van der Waals surface area contributed by atoms with Crippen LogP contribution >= 0.6 is 0 Å². The van der Waals surface area contributed by atoms with Crippen molar-refractivity contribution in [3.05, 3.63) is 35.9 Å². The summed E-state index contributed by atoms with van der Waals surface area (Å²) in [7, 11) is -3.17. The molecule has 0 aromatic heterocycles. The van der Waals surface area contributed by atoms with E-state index in [0.29, 0.717) is 0 Å². The number of carbonyl (C=O) groups excluding carboxylic acids is 1. The summed E-state index contributed by atoms with van der Waals surface area (Å²) in [5, 5.41) is 13.7. The summed E-state index contributed by atoms with van der Waals surface area (Å²) in [6.45, 7) is -0.0671. The molecule has 1 rings (SSSR count). The number of carbonyl (C=O) groups is 2. The summed E-state index contributed by atoms with van der Waals surface area (Å²) in [5.74, 6) is -1.35. The second-order valence-electron chi connectivity index (χ2n) is 4.61. The van der Waals surface area contributed by atoms with Crippen LogP contribution in [0.4, 0.5) is 4.79 Å². The molecule has 1 atom stereocenters. The van der Waals surface area contributed by atoms with E-state index in [1.54, 1.807) is 24.3 Å². The molecule has 0 bridgehead atoms. The Balaban J connectivity index is 2.51. The van der Waals surface area contributed by atoms with Gasteiger partial charge in [-0.1, -0.05) is 30.3 Å². The zero-order valence-corrected chi connectivity index (χ0v) is 12.4. The first kappa shape index (κ1) is 17.0. The van der Waals surface area contributed by atoms with Crippen molar-refractivity contribution in [3.8, 4) is 0 Å². The molecule has 0 unspecified atom stereocenters. The second-order valence-corrected chi connectivity index (χ2v) is 6.87. The Morgan fingerprint density at radius 2 is 1.86 bits per heavy atom. The fraction of sp³-hybridized carbons (Fsp3) is 0.385. The molecule has 116 valence electrons. The van der Waals surface area contributed by atoms with E-state index < -0.39 is 27.9 Å². The average Bonchev–Trinajstić information content (AvgIpc) is 2.37. The number of amides is 2. The zero-order chi connectivity index (χ0) is 15.9. The van der Waals surface area contributed by atoms with Crippen LogP contribution in [0.15, 0.2) is 30.3 Å². The van der Waals surface area contributed by atoms with Gasteiger partial charge in [0.1, 0.15) is 15.9 Å². The minimum absolute atomic E-state index is 0.0671. The lowest BCUT2D eigenvalue weighted by Crippen LogP contribution is -2.47. The van der Waals surface area contributed by atoms with E-state index in [2.05, 4.69) is 10.6 Å². The molecule has 0 heterocycles. The fourth-order valence-corrected chi connectivity index (χ4v) is 2.08. The van der Waals surface area contributed by atoms with Crippen molar-refractivity contribution in [2.45, 2.75) is 12.5 Å². The maximum Gasteiger partial charge on any atom is 0.326 e. The van der Waals surface area contributed by atoms with Crippen LogP contribution in [0.1, 0.15) is 5.56 Å². The van der Waals surface area contributed by atoms with E-state index in [0.717, 1.165) is 11.8 Å². The highest BCUT2D eigenvalue weighted by Crippen LogP contribution is 2.03. The third kappa shape index (κ3) is 7.31. The van der Waals surface area contributed by atoms with Crippen molar-refractivity contribution < 1.29 is 23.1 Å². The highest BCUT2D eigenvalue weighted by atomic mass is 32.2. The van der Waals surface area contributed by atoms with Crippen LogP contribution in [0.3, 0.4) is 0 Å². The summed E-state index contributed by atoms with van der Waals surface area (Å²) < 4.78 is 21.8. The van der Waals surface area contributed by atoms with Gasteiger partial charge < -0.3 is 15.7 Å². The van der Waals surface area contributed by atoms with Gasteiger partial charge in [-0.2, -0.15) is 0 Å². The van der Waals surface area contributed by atoms with Crippen molar-refractivity contribution in [3.63, 3.8) is 0 Å². The molecule has 0 saturated heterocycles. The van der Waals surface area contributed by atoms with Gasteiger partial charge >= 0.3 is 12.0 Å². The van der Waals surface area contributed by atoms with Crippen molar-refractivity contribution in [2.75, 3.05) is 18.6 Å². The number of benzene rings is 1. The standard InChI is InChI=1S/C13H18N2O5S/c1-21(19,20)8-7-14-13(18)15-11(12(16)17)9-10-5-3-2-4-6-10/h2-6,11H,7-9H2,1H3,(H,16,17)(H2,14,15,18)/t11-/m1/s1. The lowest BCUT2D eigenvalue weighted by Gasteiger charge is -2.15. The van der Waals surface area contributed by atoms with Gasteiger partial charge in [-0.25, -0.2) is 18.0 Å². The van der Waals surface area contributed by atoms with Gasteiger partial charge in [-0.3, -0.25) is 0 Å². The highest BCUT2D eigenvalue weighted by Gasteiger charge is 2.20. The zero-order valence-electron chi connectivity index (χ0n) is 11.6. The molecule has 0 spiro atoms. The van der Waals surface area contributed by atoms with E-state index in [9.17, 15) is 18.0 Å². The van der Waals surface area contributed by atoms with Crippen LogP contribution in [0.5, 0.6) is 0 Å². The molecule has 7 nitrogen and oxygen atoms in total. The Labute approximate surface area is 123 Å². The number of hydrogen-bond donors (Lipinski definition) is 3. The molecule has 1 aromatic rings. The van der Waals surface area contributed by atoms with E-state index >= 15 is 0 Å². The fourth-order valence-electron chi connectivity index (χ4n) is 1.61. The molecular weight excluding hydrogens is 296 g/mol. The molecule has 0 aliphatic rings. The van der Waals surface area contributed by atoms with Crippen molar-refractivity contribution >= 4 is 21.8 Å². The number of carboxylic acids is 1. The molecular formula is C13H18N2O5S. The molecule has 0 fully saturated rings. The van der Waals surface area contributed by atoms with Crippen LogP contribution in [0, 0.1) is 0 Å². The maximum absolute atomic E-state index is 11.6. The van der Waals surface area contributed by atoms with Gasteiger partial charge in [-0.15, -0.1) is 0 Å². The topological polar surface area (TPSA) is 113 Å². The first-order valence-corrected chi connectivity index (χ1v) is 8.33. The van der Waals surface area contributed by atoms with Crippen LogP contribution in [0.25, 0.3) is 0 Å². The van der Waals surface area contributed by atoms with E-state index in [-0.39, 0.29) is 18.7 Å². The third-order valence-electron chi connectivity index (χ3n) is 2.64. The normalized spacial score (nSPS) is 12.4. The number of rotatable bonds is 7. The molecule has 1 aromatic carbocycles. The molecule has 3 N–H and O–H groups in total. The summed E-state index contributed by atoms with van der Waals surface area (Å²) in [6.07, 6.45) is 1.21. The number of urea groups is 1. The van der Waals surface area contributed by atoms with E-state index in [1.165, 1.54) is 0 Å². The molecule has 0 saturated carbocycles. The Morgan fingerprint density at radius 3 is 2.38 bits per heavy atom. The summed E-state index contributed by atoms with van der Waals surface area (Å²) in [6, 6.07) is 7.11. The van der Waals surface area contributed by atoms with E-state index in [1.807, 2.05) is 6.07 Å². The summed E-state index contributed by atoms with van der Waals surface area (Å²) in [5.41, 5.74) is 0.779. The number of carboxylic acid groups (broad SMARTS) is 1. The molecule has 8 heteroatoms. The predicted molar refractivity (Wildman–Crippen MR) is 77.8 cm³/mol. The Kier molecular flexibility index (Phi) is 6.16. The first-order valence-electron chi connectivity index (χ1n) is 6.27. The average molecular weight is 314 g/mol. The molecule has 0 aliphatic carbocycles. The first-order chi connectivity index (χ1) is 9.78. The molecule has 21 heavy (non-hydrogen) atoms. The van der Waals surface area contributed by atoms with Crippen molar-refractivity contribution in [1.29, 1.82) is 0 Å². The minimum Gasteiger partial charge on any atom is -0.480 e. The molecule has 0 aliphatic heterocycles. The smallest absolute Gasteiger partial charge is 0.326 e. The highest BCUT2D eigenvalue weighted by molar-refractivity contribution is 7.90. The van der Waals surface area contributed by atoms with Crippen molar-refractivity contribution in [1.82, 2.24) is 10.6 Å². The van der Waals surface area contributed by atoms with Gasteiger partial charge in [0, 0.05) is 19.2 Å². The lowest BCUT2D eigenvalue weighted by molar-refractivity contribution is -0.139. The van der Waals surface area contributed by atoms with Gasteiger partial charge in [0.2, 0.25) is 0 Å². The quantitative estimate of drug-likeness (QED) is 0.657. The number of hydrogen-bond acceptors (Lipinski definition) is 4. The second kappa shape index (κ2) is 7.63. The largest absolute Gasteiger partial charge is 0.480 e. The maximum atomic E-state index is 11.6. The Bertz CT molecular complexity index is 586. The Morgan fingerprint density at radius 1 is 1.24 bits per heavy atom. The van der Waals surface area contributed by atoms with E-state index in [4.69, 9.17) is 5.11 Å². The van der Waals surface area contributed by atoms with Gasteiger partial charge in [0.05, 0.1) is 5.75 Å². The number of aliphatic carboxylic acids is 1. The van der Waals surface area contributed by atoms with Gasteiger partial charge in [-0.05, 0) is 5.56 Å². The van der Waals surface area contributed by atoms with Crippen LogP contribution in [-0.2, 0) is 21.1 Å².